The molecule has 112 valence electrons. The standard InChI is InChI=1S/C12H17BrN2O4S/c1-8-12(16,4-5-19-8)7-15-20(17,18)11-6-9(13)2-3-10(11)14/h2-3,6,8,15-16H,4-5,7,14H2,1H3. The maximum atomic E-state index is 12.2. The summed E-state index contributed by atoms with van der Waals surface area (Å²) in [6, 6.07) is 4.60. The third-order valence-electron chi connectivity index (χ3n) is 3.49. The minimum Gasteiger partial charge on any atom is -0.398 e. The minimum atomic E-state index is -3.78. The van der Waals surface area contributed by atoms with Crippen LogP contribution in [0.1, 0.15) is 13.3 Å². The lowest BCUT2D eigenvalue weighted by atomic mass is 9.97. The Morgan fingerprint density at radius 2 is 2.30 bits per heavy atom. The van der Waals surface area contributed by atoms with Crippen molar-refractivity contribution in [2.24, 2.45) is 0 Å². The lowest BCUT2D eigenvalue weighted by molar-refractivity contribution is -0.0228. The zero-order valence-corrected chi connectivity index (χ0v) is 13.4. The Morgan fingerprint density at radius 1 is 1.60 bits per heavy atom. The van der Waals surface area contributed by atoms with E-state index in [-0.39, 0.29) is 17.1 Å². The van der Waals surface area contributed by atoms with E-state index in [2.05, 4.69) is 20.7 Å². The topological polar surface area (TPSA) is 102 Å². The monoisotopic (exact) mass is 364 g/mol. The highest BCUT2D eigenvalue weighted by Gasteiger charge is 2.40. The average molecular weight is 365 g/mol. The lowest BCUT2D eigenvalue weighted by Crippen LogP contribution is -2.47. The third-order valence-corrected chi connectivity index (χ3v) is 5.44. The minimum absolute atomic E-state index is 0.0120. The first kappa shape index (κ1) is 15.7. The van der Waals surface area contributed by atoms with Gasteiger partial charge in [-0.2, -0.15) is 0 Å². The average Bonchev–Trinajstić information content (AvgIpc) is 2.71. The van der Waals surface area contributed by atoms with Gasteiger partial charge >= 0.3 is 0 Å². The third kappa shape index (κ3) is 3.15. The van der Waals surface area contributed by atoms with Crippen molar-refractivity contribution >= 4 is 31.6 Å². The maximum absolute atomic E-state index is 12.2. The number of halogens is 1. The highest BCUT2D eigenvalue weighted by molar-refractivity contribution is 9.10. The van der Waals surface area contributed by atoms with Crippen molar-refractivity contribution < 1.29 is 18.3 Å². The van der Waals surface area contributed by atoms with E-state index in [4.69, 9.17) is 10.5 Å². The Balaban J connectivity index is 2.18. The number of benzene rings is 1. The van der Waals surface area contributed by atoms with Gasteiger partial charge in [-0.3, -0.25) is 0 Å². The van der Waals surface area contributed by atoms with Crippen molar-refractivity contribution in [3.63, 3.8) is 0 Å². The van der Waals surface area contributed by atoms with Crippen molar-refractivity contribution in [1.82, 2.24) is 4.72 Å². The number of rotatable bonds is 4. The van der Waals surface area contributed by atoms with Gasteiger partial charge in [-0.05, 0) is 25.1 Å². The maximum Gasteiger partial charge on any atom is 0.242 e. The molecule has 1 aromatic carbocycles. The fraction of sp³-hybridized carbons (Fsp3) is 0.500. The van der Waals surface area contributed by atoms with Crippen LogP contribution < -0.4 is 10.5 Å². The van der Waals surface area contributed by atoms with Gasteiger partial charge in [0.05, 0.1) is 11.8 Å². The molecule has 0 aliphatic carbocycles. The van der Waals surface area contributed by atoms with Crippen LogP contribution >= 0.6 is 15.9 Å². The van der Waals surface area contributed by atoms with Crippen LogP contribution in [0.4, 0.5) is 5.69 Å². The molecule has 8 heteroatoms. The second-order valence-corrected chi connectivity index (χ2v) is 7.52. The molecule has 1 saturated heterocycles. The molecular weight excluding hydrogens is 348 g/mol. The summed E-state index contributed by atoms with van der Waals surface area (Å²) >= 11 is 3.21. The molecule has 6 nitrogen and oxygen atoms in total. The number of nitrogens with two attached hydrogens (primary N) is 1. The first-order valence-electron chi connectivity index (χ1n) is 6.13. The van der Waals surface area contributed by atoms with E-state index in [1.807, 2.05) is 0 Å². The number of hydrogen-bond acceptors (Lipinski definition) is 5. The Labute approximate surface area is 126 Å². The van der Waals surface area contributed by atoms with Gasteiger partial charge in [0.1, 0.15) is 10.5 Å². The number of nitrogens with one attached hydrogen (secondary N) is 1. The number of sulfonamides is 1. The predicted molar refractivity (Wildman–Crippen MR) is 78.7 cm³/mol. The van der Waals surface area contributed by atoms with Crippen LogP contribution in [0.5, 0.6) is 0 Å². The first-order valence-corrected chi connectivity index (χ1v) is 8.41. The molecule has 1 fully saturated rings. The van der Waals surface area contributed by atoms with Gasteiger partial charge in [-0.1, -0.05) is 15.9 Å². The van der Waals surface area contributed by atoms with Crippen molar-refractivity contribution in [3.05, 3.63) is 22.7 Å². The molecule has 1 aliphatic rings. The van der Waals surface area contributed by atoms with Crippen LogP contribution in [-0.4, -0.2) is 38.4 Å². The Bertz CT molecular complexity index is 607. The Morgan fingerprint density at radius 3 is 2.90 bits per heavy atom. The van der Waals surface area contributed by atoms with Gasteiger partial charge in [-0.15, -0.1) is 0 Å². The first-order chi connectivity index (χ1) is 9.24. The number of hydrogen-bond donors (Lipinski definition) is 3. The molecule has 0 bridgehead atoms. The molecule has 0 aromatic heterocycles. The second kappa shape index (κ2) is 5.61. The SMILES string of the molecule is CC1OCCC1(O)CNS(=O)(=O)c1cc(Br)ccc1N. The number of anilines is 1. The molecule has 0 amide bonds. The van der Waals surface area contributed by atoms with E-state index < -0.39 is 21.7 Å². The van der Waals surface area contributed by atoms with Gasteiger partial charge in [0.25, 0.3) is 0 Å². The Kier molecular flexibility index (Phi) is 4.41. The summed E-state index contributed by atoms with van der Waals surface area (Å²) in [6.07, 6.45) is -0.0185. The molecule has 0 spiro atoms. The summed E-state index contributed by atoms with van der Waals surface area (Å²) < 4.78 is 32.8. The van der Waals surface area contributed by atoms with Crippen molar-refractivity contribution in [1.29, 1.82) is 0 Å². The van der Waals surface area contributed by atoms with Gasteiger partial charge < -0.3 is 15.6 Å². The second-order valence-electron chi connectivity index (χ2n) is 4.87. The van der Waals surface area contributed by atoms with E-state index in [0.29, 0.717) is 17.5 Å². The molecule has 2 rings (SSSR count). The highest BCUT2D eigenvalue weighted by atomic mass is 79.9. The zero-order valence-electron chi connectivity index (χ0n) is 11.0. The fourth-order valence-corrected chi connectivity index (χ4v) is 3.81. The van der Waals surface area contributed by atoms with E-state index in [0.717, 1.165) is 0 Å². The summed E-state index contributed by atoms with van der Waals surface area (Å²) in [5, 5.41) is 10.3. The molecule has 4 N–H and O–H groups in total. The Hall–Kier alpha value is -0.670. The van der Waals surface area contributed by atoms with Crippen LogP contribution in [0.2, 0.25) is 0 Å². The lowest BCUT2D eigenvalue weighted by Gasteiger charge is -2.26. The smallest absolute Gasteiger partial charge is 0.242 e. The number of aliphatic hydroxyl groups is 1. The van der Waals surface area contributed by atoms with E-state index >= 15 is 0 Å². The van der Waals surface area contributed by atoms with Crippen molar-refractivity contribution in [2.45, 2.75) is 29.9 Å². The normalized spacial score (nSPS) is 26.9. The van der Waals surface area contributed by atoms with Gasteiger partial charge in [0.15, 0.2) is 0 Å². The van der Waals surface area contributed by atoms with Crippen molar-refractivity contribution in [2.75, 3.05) is 18.9 Å². The van der Waals surface area contributed by atoms with Crippen LogP contribution in [0.25, 0.3) is 0 Å². The molecule has 1 aliphatic heterocycles. The van der Waals surface area contributed by atoms with Crippen LogP contribution in [0.3, 0.4) is 0 Å². The van der Waals surface area contributed by atoms with Crippen LogP contribution in [0, 0.1) is 0 Å². The van der Waals surface area contributed by atoms with Gasteiger partial charge in [0.2, 0.25) is 10.0 Å². The predicted octanol–water partition coefficient (Wildman–Crippen LogP) is 0.849. The fourth-order valence-electron chi connectivity index (χ4n) is 2.04. The molecule has 1 aromatic rings. The summed E-state index contributed by atoms with van der Waals surface area (Å²) in [4.78, 5) is -0.0120. The largest absolute Gasteiger partial charge is 0.398 e. The van der Waals surface area contributed by atoms with Gasteiger partial charge in [0, 0.05) is 24.0 Å². The summed E-state index contributed by atoms with van der Waals surface area (Å²) in [7, 11) is -3.78. The van der Waals surface area contributed by atoms with E-state index in [1.54, 1.807) is 13.0 Å². The number of nitrogen functional groups attached to an aromatic ring is 1. The van der Waals surface area contributed by atoms with Crippen LogP contribution in [0.15, 0.2) is 27.6 Å². The van der Waals surface area contributed by atoms with Crippen molar-refractivity contribution in [3.8, 4) is 0 Å². The van der Waals surface area contributed by atoms with E-state index in [9.17, 15) is 13.5 Å². The molecule has 0 saturated carbocycles. The highest BCUT2D eigenvalue weighted by Crippen LogP contribution is 2.27. The quantitative estimate of drug-likeness (QED) is 0.687. The molecule has 2 unspecified atom stereocenters. The molecule has 20 heavy (non-hydrogen) atoms. The molecular formula is C12H17BrN2O4S. The summed E-state index contributed by atoms with van der Waals surface area (Å²) in [6.45, 7) is 2.02. The van der Waals surface area contributed by atoms with Gasteiger partial charge in [-0.25, -0.2) is 13.1 Å². The van der Waals surface area contributed by atoms with E-state index in [1.165, 1.54) is 12.1 Å². The number of ether oxygens (including phenoxy) is 1. The zero-order chi connectivity index (χ0) is 15.0. The molecule has 2 atom stereocenters. The summed E-state index contributed by atoms with van der Waals surface area (Å²) in [5.41, 5.74) is 4.66. The molecule has 1 heterocycles. The van der Waals surface area contributed by atoms with Crippen LogP contribution in [-0.2, 0) is 14.8 Å². The molecule has 0 radical (unpaired) electrons. The summed E-state index contributed by atoms with van der Waals surface area (Å²) in [5.74, 6) is 0.